The van der Waals surface area contributed by atoms with E-state index in [1.165, 1.54) is 0 Å². The molecule has 25 heavy (non-hydrogen) atoms. The topological polar surface area (TPSA) is 78.8 Å². The van der Waals surface area contributed by atoms with Gasteiger partial charge in [0.15, 0.2) is 0 Å². The quantitative estimate of drug-likeness (QED) is 0.732. The number of hydrogen-bond acceptors (Lipinski definition) is 6. The highest BCUT2D eigenvalue weighted by Crippen LogP contribution is 2.30. The molecule has 1 fully saturated rings. The van der Waals surface area contributed by atoms with Gasteiger partial charge in [0.25, 0.3) is 0 Å². The van der Waals surface area contributed by atoms with E-state index in [0.717, 1.165) is 37.3 Å². The second kappa shape index (κ2) is 6.73. The smallest absolute Gasteiger partial charge is 0.230 e. The van der Waals surface area contributed by atoms with Gasteiger partial charge in [-0.1, -0.05) is 41.6 Å². The molecule has 1 saturated heterocycles. The number of benzene rings is 1. The van der Waals surface area contributed by atoms with Crippen molar-refractivity contribution in [2.24, 2.45) is 0 Å². The standard InChI is InChI=1S/C19H17N5O/c20-13-16-7-4-8-17(21-16)24-11-9-15(10-12-24)19-22-18(23-25-19)14-5-2-1-3-6-14/h1-8,15H,9-12H2. The van der Waals surface area contributed by atoms with E-state index in [2.05, 4.69) is 26.1 Å². The van der Waals surface area contributed by atoms with Gasteiger partial charge in [0.1, 0.15) is 17.6 Å². The molecule has 1 aromatic carbocycles. The first-order valence-electron chi connectivity index (χ1n) is 8.34. The van der Waals surface area contributed by atoms with E-state index in [1.54, 1.807) is 6.07 Å². The Labute approximate surface area is 145 Å². The minimum absolute atomic E-state index is 0.264. The van der Waals surface area contributed by atoms with Crippen LogP contribution in [-0.4, -0.2) is 28.2 Å². The van der Waals surface area contributed by atoms with Crippen molar-refractivity contribution in [1.29, 1.82) is 5.26 Å². The van der Waals surface area contributed by atoms with E-state index in [0.29, 0.717) is 17.4 Å². The Balaban J connectivity index is 1.44. The van der Waals surface area contributed by atoms with Crippen molar-refractivity contribution >= 4 is 5.82 Å². The first-order valence-corrected chi connectivity index (χ1v) is 8.34. The Bertz CT molecular complexity index is 891. The number of pyridine rings is 1. The predicted octanol–water partition coefficient (Wildman–Crippen LogP) is 3.39. The van der Waals surface area contributed by atoms with Crippen LogP contribution >= 0.6 is 0 Å². The van der Waals surface area contributed by atoms with Crippen molar-refractivity contribution in [1.82, 2.24) is 15.1 Å². The number of piperidine rings is 1. The first kappa shape index (κ1) is 15.3. The third-order valence-electron chi connectivity index (χ3n) is 4.49. The monoisotopic (exact) mass is 331 g/mol. The van der Waals surface area contributed by atoms with E-state index in [9.17, 15) is 0 Å². The van der Waals surface area contributed by atoms with Gasteiger partial charge in [-0.3, -0.25) is 0 Å². The number of anilines is 1. The van der Waals surface area contributed by atoms with Crippen LogP contribution in [0.25, 0.3) is 11.4 Å². The molecule has 0 atom stereocenters. The average Bonchev–Trinajstić information content (AvgIpc) is 3.19. The Morgan fingerprint density at radius 2 is 1.80 bits per heavy atom. The molecular weight excluding hydrogens is 314 g/mol. The van der Waals surface area contributed by atoms with Gasteiger partial charge in [-0.2, -0.15) is 10.2 Å². The fraction of sp³-hybridized carbons (Fsp3) is 0.263. The third-order valence-corrected chi connectivity index (χ3v) is 4.49. The summed E-state index contributed by atoms with van der Waals surface area (Å²) in [6.07, 6.45) is 1.85. The van der Waals surface area contributed by atoms with Crippen molar-refractivity contribution in [3.05, 3.63) is 60.1 Å². The summed E-state index contributed by atoms with van der Waals surface area (Å²) in [4.78, 5) is 11.1. The number of nitriles is 1. The molecule has 0 bridgehead atoms. The summed E-state index contributed by atoms with van der Waals surface area (Å²) in [7, 11) is 0. The Morgan fingerprint density at radius 1 is 1.00 bits per heavy atom. The van der Waals surface area contributed by atoms with Gasteiger partial charge in [0.05, 0.1) is 0 Å². The van der Waals surface area contributed by atoms with Gasteiger partial charge in [0, 0.05) is 24.6 Å². The third kappa shape index (κ3) is 3.22. The zero-order valence-electron chi connectivity index (χ0n) is 13.7. The van der Waals surface area contributed by atoms with Crippen molar-refractivity contribution in [2.45, 2.75) is 18.8 Å². The van der Waals surface area contributed by atoms with Crippen LogP contribution in [0.2, 0.25) is 0 Å². The van der Waals surface area contributed by atoms with E-state index in [4.69, 9.17) is 9.78 Å². The van der Waals surface area contributed by atoms with Gasteiger partial charge >= 0.3 is 0 Å². The molecule has 124 valence electrons. The second-order valence-electron chi connectivity index (χ2n) is 6.08. The van der Waals surface area contributed by atoms with Gasteiger partial charge in [-0.15, -0.1) is 0 Å². The van der Waals surface area contributed by atoms with Crippen LogP contribution in [0.5, 0.6) is 0 Å². The lowest BCUT2D eigenvalue weighted by Gasteiger charge is -2.31. The maximum atomic E-state index is 8.99. The van der Waals surface area contributed by atoms with Crippen LogP contribution in [0.15, 0.2) is 53.1 Å². The van der Waals surface area contributed by atoms with E-state index >= 15 is 0 Å². The highest BCUT2D eigenvalue weighted by molar-refractivity contribution is 5.53. The summed E-state index contributed by atoms with van der Waals surface area (Å²) in [5, 5.41) is 13.1. The molecule has 0 aliphatic carbocycles. The molecule has 0 saturated carbocycles. The lowest BCUT2D eigenvalue weighted by Crippen LogP contribution is -2.33. The molecule has 3 aromatic rings. The summed E-state index contributed by atoms with van der Waals surface area (Å²) in [6, 6.07) is 17.5. The first-order chi connectivity index (χ1) is 12.3. The van der Waals surface area contributed by atoms with Crippen molar-refractivity contribution in [3.8, 4) is 17.5 Å². The Kier molecular flexibility index (Phi) is 4.13. The second-order valence-corrected chi connectivity index (χ2v) is 6.08. The van der Waals surface area contributed by atoms with Gasteiger partial charge < -0.3 is 9.42 Å². The highest BCUT2D eigenvalue weighted by Gasteiger charge is 2.26. The summed E-state index contributed by atoms with van der Waals surface area (Å²) in [5.41, 5.74) is 1.41. The minimum atomic E-state index is 0.264. The van der Waals surface area contributed by atoms with Crippen LogP contribution < -0.4 is 4.90 Å². The molecule has 6 nitrogen and oxygen atoms in total. The van der Waals surface area contributed by atoms with Crippen LogP contribution in [-0.2, 0) is 0 Å². The van der Waals surface area contributed by atoms with Crippen LogP contribution in [0.4, 0.5) is 5.82 Å². The van der Waals surface area contributed by atoms with Crippen molar-refractivity contribution < 1.29 is 4.52 Å². The molecule has 0 unspecified atom stereocenters. The summed E-state index contributed by atoms with van der Waals surface area (Å²) in [5.74, 6) is 2.46. The average molecular weight is 331 g/mol. The van der Waals surface area contributed by atoms with Gasteiger partial charge in [-0.25, -0.2) is 4.98 Å². The molecule has 1 aliphatic heterocycles. The fourth-order valence-corrected chi connectivity index (χ4v) is 3.12. The minimum Gasteiger partial charge on any atom is -0.357 e. The maximum Gasteiger partial charge on any atom is 0.230 e. The van der Waals surface area contributed by atoms with E-state index in [-0.39, 0.29) is 5.92 Å². The fourth-order valence-electron chi connectivity index (χ4n) is 3.12. The zero-order chi connectivity index (χ0) is 17.1. The largest absolute Gasteiger partial charge is 0.357 e. The highest BCUT2D eigenvalue weighted by atomic mass is 16.5. The number of aromatic nitrogens is 3. The number of rotatable bonds is 3. The molecule has 0 radical (unpaired) electrons. The van der Waals surface area contributed by atoms with Crippen molar-refractivity contribution in [3.63, 3.8) is 0 Å². The number of nitrogens with zero attached hydrogens (tertiary/aromatic N) is 5. The van der Waals surface area contributed by atoms with E-state index < -0.39 is 0 Å². The van der Waals surface area contributed by atoms with Crippen LogP contribution in [0, 0.1) is 11.3 Å². The molecule has 0 N–H and O–H groups in total. The van der Waals surface area contributed by atoms with Crippen molar-refractivity contribution in [2.75, 3.05) is 18.0 Å². The van der Waals surface area contributed by atoms with E-state index in [1.807, 2.05) is 42.5 Å². The maximum absolute atomic E-state index is 8.99. The van der Waals surface area contributed by atoms with Gasteiger partial charge in [-0.05, 0) is 25.0 Å². The molecular formula is C19H17N5O. The van der Waals surface area contributed by atoms with Crippen LogP contribution in [0.3, 0.4) is 0 Å². The van der Waals surface area contributed by atoms with Crippen LogP contribution in [0.1, 0.15) is 30.3 Å². The Morgan fingerprint density at radius 3 is 2.56 bits per heavy atom. The lowest BCUT2D eigenvalue weighted by molar-refractivity contribution is 0.329. The Hall–Kier alpha value is -3.20. The summed E-state index contributed by atoms with van der Waals surface area (Å²) in [6.45, 7) is 1.71. The predicted molar refractivity (Wildman–Crippen MR) is 92.9 cm³/mol. The summed E-state index contributed by atoms with van der Waals surface area (Å²) >= 11 is 0. The molecule has 0 spiro atoms. The normalized spacial score (nSPS) is 15.1. The molecule has 3 heterocycles. The zero-order valence-corrected chi connectivity index (χ0v) is 13.7. The molecule has 1 aliphatic rings. The molecule has 2 aromatic heterocycles. The molecule has 4 rings (SSSR count). The number of hydrogen-bond donors (Lipinski definition) is 0. The molecule has 6 heteroatoms. The summed E-state index contributed by atoms with van der Waals surface area (Å²) < 4.78 is 5.50. The molecule has 0 amide bonds. The lowest BCUT2D eigenvalue weighted by atomic mass is 9.97. The SMILES string of the molecule is N#Cc1cccc(N2CCC(c3nc(-c4ccccc4)no3)CC2)n1. The van der Waals surface area contributed by atoms with Gasteiger partial charge in [0.2, 0.25) is 11.7 Å².